The van der Waals surface area contributed by atoms with Gasteiger partial charge in [0.2, 0.25) is 11.9 Å². The van der Waals surface area contributed by atoms with Gasteiger partial charge in [0.05, 0.1) is 16.6 Å². The van der Waals surface area contributed by atoms with Crippen LogP contribution < -0.4 is 10.9 Å². The number of hydrogen-bond donors (Lipinski definition) is 1. The number of pyridine rings is 2. The van der Waals surface area contributed by atoms with Crippen molar-refractivity contribution in [2.75, 3.05) is 5.32 Å². The van der Waals surface area contributed by atoms with Crippen LogP contribution >= 0.6 is 0 Å². The topological polar surface area (TPSA) is 59.3 Å². The first-order chi connectivity index (χ1) is 12.3. The van der Waals surface area contributed by atoms with Gasteiger partial charge in [0.1, 0.15) is 0 Å². The molecule has 0 radical (unpaired) electrons. The molecule has 1 saturated carbocycles. The quantitative estimate of drug-likeness (QED) is 0.571. The second kappa shape index (κ2) is 5.79. The van der Waals surface area contributed by atoms with Gasteiger partial charge in [-0.2, -0.15) is 22.5 Å². The first kappa shape index (κ1) is 16.5. The lowest BCUT2D eigenvalue weighted by Gasteiger charge is -2.15. The Bertz CT molecular complexity index is 1060. The second-order valence-electron chi connectivity index (χ2n) is 6.07. The maximum Gasteiger partial charge on any atom is 0.416 e. The Morgan fingerprint density at radius 1 is 1.19 bits per heavy atom. The zero-order valence-corrected chi connectivity index (χ0v) is 13.2. The Morgan fingerprint density at radius 3 is 2.62 bits per heavy atom. The van der Waals surface area contributed by atoms with E-state index in [1.165, 1.54) is 16.7 Å². The summed E-state index contributed by atoms with van der Waals surface area (Å²) >= 11 is 0. The monoisotopic (exact) mass is 364 g/mol. The molecule has 4 rings (SSSR count). The number of nitrogens with one attached hydrogen (secondary N) is 1. The number of halogens is 4. The molecule has 0 aromatic carbocycles. The van der Waals surface area contributed by atoms with Gasteiger partial charge in [0, 0.05) is 24.5 Å². The zero-order valence-electron chi connectivity index (χ0n) is 13.2. The van der Waals surface area contributed by atoms with Crippen LogP contribution in [-0.2, 0) is 6.18 Å². The number of fused-ring (bicyclic) bond motifs is 1. The summed E-state index contributed by atoms with van der Waals surface area (Å²) in [5.74, 6) is -0.674. The van der Waals surface area contributed by atoms with Gasteiger partial charge in [-0.25, -0.2) is 4.98 Å². The molecule has 1 aliphatic rings. The van der Waals surface area contributed by atoms with Crippen molar-refractivity contribution in [1.82, 2.24) is 14.4 Å². The molecule has 9 heteroatoms. The largest absolute Gasteiger partial charge is 0.416 e. The van der Waals surface area contributed by atoms with Crippen LogP contribution in [0.3, 0.4) is 0 Å². The van der Waals surface area contributed by atoms with Crippen molar-refractivity contribution >= 4 is 11.5 Å². The minimum atomic E-state index is -4.58. The number of aromatic nitrogens is 3. The predicted molar refractivity (Wildman–Crippen MR) is 86.3 cm³/mol. The van der Waals surface area contributed by atoms with Crippen LogP contribution in [0.1, 0.15) is 18.4 Å². The minimum absolute atomic E-state index is 0.00595. The third-order valence-electron chi connectivity index (χ3n) is 4.11. The SMILES string of the molecule is O=c1nc(NC2CC2)n2ccc(C(F)(F)F)cc2c1-c1ccnc(F)c1. The zero-order chi connectivity index (χ0) is 18.5. The fourth-order valence-corrected chi connectivity index (χ4v) is 2.71. The van der Waals surface area contributed by atoms with Crippen LogP contribution in [0.5, 0.6) is 0 Å². The molecule has 26 heavy (non-hydrogen) atoms. The lowest BCUT2D eigenvalue weighted by atomic mass is 10.1. The van der Waals surface area contributed by atoms with Gasteiger partial charge < -0.3 is 5.32 Å². The van der Waals surface area contributed by atoms with E-state index in [9.17, 15) is 22.4 Å². The van der Waals surface area contributed by atoms with Crippen molar-refractivity contribution in [3.63, 3.8) is 0 Å². The van der Waals surface area contributed by atoms with Gasteiger partial charge in [-0.3, -0.25) is 9.20 Å². The van der Waals surface area contributed by atoms with Crippen LogP contribution in [-0.4, -0.2) is 20.4 Å². The average Bonchev–Trinajstić information content (AvgIpc) is 3.37. The molecular formula is C17H12F4N4O. The summed E-state index contributed by atoms with van der Waals surface area (Å²) in [6, 6.07) is 4.27. The number of anilines is 1. The maximum absolute atomic E-state index is 13.5. The van der Waals surface area contributed by atoms with Gasteiger partial charge in [0.25, 0.3) is 5.56 Å². The van der Waals surface area contributed by atoms with Crippen LogP contribution in [0.25, 0.3) is 16.6 Å². The average molecular weight is 364 g/mol. The first-order valence-electron chi connectivity index (χ1n) is 7.85. The van der Waals surface area contributed by atoms with E-state index in [2.05, 4.69) is 15.3 Å². The lowest BCUT2D eigenvalue weighted by Crippen LogP contribution is -2.19. The standard InChI is InChI=1S/C17H12F4N4O/c18-13-7-9(3-5-22-13)14-12-8-10(17(19,20)21)4-6-25(12)16(24-15(14)26)23-11-1-2-11/h3-8,11H,1-2H2,(H,23,24,26). The molecule has 3 heterocycles. The van der Waals surface area contributed by atoms with Crippen LogP contribution in [0.2, 0.25) is 0 Å². The summed E-state index contributed by atoms with van der Waals surface area (Å²) < 4.78 is 54.3. The number of alkyl halides is 3. The second-order valence-corrected chi connectivity index (χ2v) is 6.07. The summed E-state index contributed by atoms with van der Waals surface area (Å²) in [5.41, 5.74) is -1.65. The molecule has 0 atom stereocenters. The minimum Gasteiger partial charge on any atom is -0.353 e. The van der Waals surface area contributed by atoms with Gasteiger partial charge in [-0.1, -0.05) is 0 Å². The third kappa shape index (κ3) is 3.00. The Morgan fingerprint density at radius 2 is 1.96 bits per heavy atom. The van der Waals surface area contributed by atoms with Gasteiger partial charge in [0.15, 0.2) is 0 Å². The van der Waals surface area contributed by atoms with E-state index in [1.807, 2.05) is 0 Å². The molecule has 3 aromatic heterocycles. The Hall–Kier alpha value is -2.97. The molecule has 1 aliphatic carbocycles. The molecule has 0 bridgehead atoms. The molecule has 0 aliphatic heterocycles. The smallest absolute Gasteiger partial charge is 0.353 e. The third-order valence-corrected chi connectivity index (χ3v) is 4.11. The molecule has 0 spiro atoms. The first-order valence-corrected chi connectivity index (χ1v) is 7.85. The molecular weight excluding hydrogens is 352 g/mol. The fourth-order valence-electron chi connectivity index (χ4n) is 2.71. The van der Waals surface area contributed by atoms with Crippen LogP contribution in [0.4, 0.5) is 23.5 Å². The predicted octanol–water partition coefficient (Wildman–Crippen LogP) is 3.49. The van der Waals surface area contributed by atoms with Crippen LogP contribution in [0.15, 0.2) is 41.5 Å². The van der Waals surface area contributed by atoms with E-state index < -0.39 is 23.2 Å². The normalized spacial score (nSPS) is 14.6. The lowest BCUT2D eigenvalue weighted by molar-refractivity contribution is -0.137. The highest BCUT2D eigenvalue weighted by molar-refractivity contribution is 5.81. The van der Waals surface area contributed by atoms with E-state index in [-0.39, 0.29) is 28.6 Å². The van der Waals surface area contributed by atoms with E-state index in [0.29, 0.717) is 0 Å². The number of rotatable bonds is 3. The molecule has 0 amide bonds. The Labute approximate surface area is 144 Å². The van der Waals surface area contributed by atoms with Crippen molar-refractivity contribution in [2.24, 2.45) is 0 Å². The van der Waals surface area contributed by atoms with E-state index in [1.54, 1.807) is 0 Å². The summed E-state index contributed by atoms with van der Waals surface area (Å²) in [6.45, 7) is 0. The van der Waals surface area contributed by atoms with E-state index in [0.717, 1.165) is 37.2 Å². The highest BCUT2D eigenvalue weighted by Gasteiger charge is 2.31. The molecule has 0 unspecified atom stereocenters. The summed E-state index contributed by atoms with van der Waals surface area (Å²) in [5, 5.41) is 3.03. The molecule has 1 fully saturated rings. The maximum atomic E-state index is 13.5. The van der Waals surface area contributed by atoms with Gasteiger partial charge in [-0.15, -0.1) is 0 Å². The number of hydrogen-bond acceptors (Lipinski definition) is 4. The molecule has 1 N–H and O–H groups in total. The fraction of sp³-hybridized carbons (Fsp3) is 0.235. The summed E-state index contributed by atoms with van der Waals surface area (Å²) in [4.78, 5) is 19.9. The molecule has 134 valence electrons. The van der Waals surface area contributed by atoms with Crippen LogP contribution in [0, 0.1) is 5.95 Å². The molecule has 5 nitrogen and oxygen atoms in total. The highest BCUT2D eigenvalue weighted by atomic mass is 19.4. The van der Waals surface area contributed by atoms with Gasteiger partial charge in [-0.05, 0) is 36.6 Å². The van der Waals surface area contributed by atoms with Crippen molar-refractivity contribution in [3.05, 3.63) is 58.5 Å². The highest BCUT2D eigenvalue weighted by Crippen LogP contribution is 2.33. The van der Waals surface area contributed by atoms with Crippen molar-refractivity contribution < 1.29 is 17.6 Å². The Balaban J connectivity index is 2.02. The molecule has 3 aromatic rings. The van der Waals surface area contributed by atoms with Crippen molar-refractivity contribution in [2.45, 2.75) is 25.1 Å². The van der Waals surface area contributed by atoms with Crippen molar-refractivity contribution in [3.8, 4) is 11.1 Å². The Kier molecular flexibility index (Phi) is 3.67. The summed E-state index contributed by atoms with van der Waals surface area (Å²) in [7, 11) is 0. The summed E-state index contributed by atoms with van der Waals surface area (Å²) in [6.07, 6.45) is -0.432. The van der Waals surface area contributed by atoms with E-state index in [4.69, 9.17) is 0 Å². The molecule has 0 saturated heterocycles. The van der Waals surface area contributed by atoms with Gasteiger partial charge >= 0.3 is 6.18 Å². The van der Waals surface area contributed by atoms with Crippen molar-refractivity contribution in [1.29, 1.82) is 0 Å². The van der Waals surface area contributed by atoms with E-state index >= 15 is 0 Å². The number of nitrogens with zero attached hydrogens (tertiary/aromatic N) is 3.